The second-order valence-electron chi connectivity index (χ2n) is 7.13. The van der Waals surface area contributed by atoms with E-state index in [1.165, 1.54) is 6.07 Å². The molecule has 0 saturated carbocycles. The van der Waals surface area contributed by atoms with Gasteiger partial charge in [0.2, 0.25) is 0 Å². The van der Waals surface area contributed by atoms with Gasteiger partial charge in [-0.25, -0.2) is 4.39 Å². The highest BCUT2D eigenvalue weighted by atomic mass is 19.1. The molecule has 7 heteroatoms. The summed E-state index contributed by atoms with van der Waals surface area (Å²) in [5, 5.41) is 16.4. The molecule has 0 aliphatic heterocycles. The van der Waals surface area contributed by atoms with E-state index < -0.39 is 0 Å². The first-order valence-corrected chi connectivity index (χ1v) is 9.47. The number of halogens is 1. The van der Waals surface area contributed by atoms with Gasteiger partial charge in [0.15, 0.2) is 0 Å². The summed E-state index contributed by atoms with van der Waals surface area (Å²) in [5.41, 5.74) is 7.03. The van der Waals surface area contributed by atoms with Gasteiger partial charge in [-0.1, -0.05) is 24.3 Å². The average molecular weight is 394 g/mol. The van der Waals surface area contributed by atoms with Crippen LogP contribution in [0.25, 0.3) is 55.6 Å². The summed E-state index contributed by atoms with van der Waals surface area (Å²) in [6, 6.07) is 16.7. The third-order valence-corrected chi connectivity index (χ3v) is 5.30. The summed E-state index contributed by atoms with van der Waals surface area (Å²) < 4.78 is 13.8. The Labute approximate surface area is 169 Å². The molecule has 0 aliphatic rings. The number of nitrogens with one attached hydrogen (secondary N) is 3. The molecule has 4 aromatic heterocycles. The molecule has 144 valence electrons. The normalized spacial score (nSPS) is 11.5. The fraction of sp³-hybridized carbons (Fsp3) is 0. The van der Waals surface area contributed by atoms with Gasteiger partial charge in [-0.05, 0) is 41.5 Å². The Morgan fingerprint density at radius 3 is 2.63 bits per heavy atom. The topological polar surface area (TPSA) is 86.0 Å². The molecule has 6 aromatic rings. The molecule has 0 atom stereocenters. The fourth-order valence-corrected chi connectivity index (χ4v) is 3.86. The van der Waals surface area contributed by atoms with Crippen molar-refractivity contribution in [2.24, 2.45) is 0 Å². The lowest BCUT2D eigenvalue weighted by Crippen LogP contribution is -1.82. The van der Waals surface area contributed by atoms with Gasteiger partial charge in [0.1, 0.15) is 11.5 Å². The first-order chi connectivity index (χ1) is 14.8. The summed E-state index contributed by atoms with van der Waals surface area (Å²) in [7, 11) is 0. The minimum atomic E-state index is -0.252. The van der Waals surface area contributed by atoms with E-state index in [2.05, 4.69) is 36.4 Å². The maximum atomic E-state index is 13.8. The average Bonchev–Trinajstić information content (AvgIpc) is 3.51. The van der Waals surface area contributed by atoms with Crippen molar-refractivity contribution in [1.82, 2.24) is 30.4 Å². The van der Waals surface area contributed by atoms with Crippen molar-refractivity contribution in [2.75, 3.05) is 0 Å². The van der Waals surface area contributed by atoms with Gasteiger partial charge in [0, 0.05) is 28.0 Å². The van der Waals surface area contributed by atoms with Crippen LogP contribution < -0.4 is 0 Å². The van der Waals surface area contributed by atoms with E-state index in [4.69, 9.17) is 0 Å². The van der Waals surface area contributed by atoms with E-state index in [-0.39, 0.29) is 5.82 Å². The van der Waals surface area contributed by atoms with Gasteiger partial charge < -0.3 is 4.98 Å². The van der Waals surface area contributed by atoms with Crippen LogP contribution in [-0.4, -0.2) is 30.4 Å². The van der Waals surface area contributed by atoms with Crippen LogP contribution in [0.15, 0.2) is 73.2 Å². The predicted molar refractivity (Wildman–Crippen MR) is 114 cm³/mol. The number of fused-ring (bicyclic) bond motifs is 2. The molecule has 0 saturated heterocycles. The zero-order valence-electron chi connectivity index (χ0n) is 15.6. The number of nitrogens with zero attached hydrogens (tertiary/aromatic N) is 3. The van der Waals surface area contributed by atoms with Crippen LogP contribution in [-0.2, 0) is 0 Å². The van der Waals surface area contributed by atoms with Crippen LogP contribution in [0.2, 0.25) is 0 Å². The molecule has 0 radical (unpaired) electrons. The number of H-pyrrole nitrogens is 3. The van der Waals surface area contributed by atoms with Gasteiger partial charge >= 0.3 is 0 Å². The highest BCUT2D eigenvalue weighted by Gasteiger charge is 2.15. The van der Waals surface area contributed by atoms with Crippen molar-refractivity contribution >= 4 is 21.8 Å². The number of hydrogen-bond donors (Lipinski definition) is 3. The van der Waals surface area contributed by atoms with E-state index in [9.17, 15) is 4.39 Å². The molecule has 0 fully saturated rings. The van der Waals surface area contributed by atoms with Gasteiger partial charge in [-0.15, -0.1) is 0 Å². The van der Waals surface area contributed by atoms with Gasteiger partial charge in [-0.3, -0.25) is 15.2 Å². The molecule has 6 nitrogen and oxygen atoms in total. The Balaban J connectivity index is 1.53. The van der Waals surface area contributed by atoms with Crippen molar-refractivity contribution in [3.8, 4) is 33.8 Å². The molecule has 30 heavy (non-hydrogen) atoms. The first-order valence-electron chi connectivity index (χ1n) is 9.47. The summed E-state index contributed by atoms with van der Waals surface area (Å²) in [4.78, 5) is 7.94. The maximum Gasteiger partial charge on any atom is 0.123 e. The number of hydrogen-bond acceptors (Lipinski definition) is 3. The van der Waals surface area contributed by atoms with E-state index in [0.29, 0.717) is 0 Å². The van der Waals surface area contributed by atoms with Crippen molar-refractivity contribution in [3.63, 3.8) is 0 Å². The largest absolute Gasteiger partial charge is 0.353 e. The lowest BCUT2D eigenvalue weighted by atomic mass is 10.0. The minimum Gasteiger partial charge on any atom is -0.353 e. The second-order valence-corrected chi connectivity index (χ2v) is 7.13. The number of rotatable bonds is 3. The highest BCUT2D eigenvalue weighted by molar-refractivity contribution is 6.01. The van der Waals surface area contributed by atoms with Gasteiger partial charge in [0.25, 0.3) is 0 Å². The van der Waals surface area contributed by atoms with Gasteiger partial charge in [0.05, 0.1) is 29.3 Å². The standard InChI is InChI=1S/C23H15FN6/c24-15-4-1-3-13(7-15)16-5-2-6-19-17(16)8-21(28-19)23-18-9-20(14-10-26-27-11-14)25-12-22(18)29-30-23/h1-12,28H,(H,26,27)(H,29,30). The molecule has 0 spiro atoms. The Kier molecular flexibility index (Phi) is 3.55. The molecule has 0 unspecified atom stereocenters. The van der Waals surface area contributed by atoms with Crippen LogP contribution in [0.4, 0.5) is 4.39 Å². The number of aromatic amines is 3. The maximum absolute atomic E-state index is 13.8. The van der Waals surface area contributed by atoms with Crippen LogP contribution in [0, 0.1) is 5.82 Å². The molecule has 4 heterocycles. The van der Waals surface area contributed by atoms with E-state index in [1.807, 2.05) is 36.5 Å². The van der Waals surface area contributed by atoms with Crippen molar-refractivity contribution in [1.29, 1.82) is 0 Å². The third-order valence-electron chi connectivity index (χ3n) is 5.30. The van der Waals surface area contributed by atoms with Crippen LogP contribution in [0.1, 0.15) is 0 Å². The smallest absolute Gasteiger partial charge is 0.123 e. The van der Waals surface area contributed by atoms with Crippen molar-refractivity contribution in [2.45, 2.75) is 0 Å². The molecule has 6 rings (SSSR count). The highest BCUT2D eigenvalue weighted by Crippen LogP contribution is 2.34. The Morgan fingerprint density at radius 2 is 1.77 bits per heavy atom. The molecule has 0 amide bonds. The molecule has 0 bridgehead atoms. The quantitative estimate of drug-likeness (QED) is 0.381. The first kappa shape index (κ1) is 16.7. The minimum absolute atomic E-state index is 0.252. The SMILES string of the molecule is Fc1cccc(-c2cccc3[nH]c(-c4n[nH]c5cnc(-c6cn[nH]c6)cc45)cc23)c1. The van der Waals surface area contributed by atoms with Crippen LogP contribution in [0.5, 0.6) is 0 Å². The summed E-state index contributed by atoms with van der Waals surface area (Å²) in [6.07, 6.45) is 5.32. The number of aromatic nitrogens is 6. The lowest BCUT2D eigenvalue weighted by molar-refractivity contribution is 0.628. The molecule has 0 aliphatic carbocycles. The molecular formula is C23H15FN6. The van der Waals surface area contributed by atoms with E-state index >= 15 is 0 Å². The van der Waals surface area contributed by atoms with Crippen LogP contribution in [0.3, 0.4) is 0 Å². The zero-order chi connectivity index (χ0) is 20.1. The zero-order valence-corrected chi connectivity index (χ0v) is 15.6. The summed E-state index contributed by atoms with van der Waals surface area (Å²) >= 11 is 0. The van der Waals surface area contributed by atoms with Crippen molar-refractivity contribution in [3.05, 3.63) is 79.0 Å². The van der Waals surface area contributed by atoms with Crippen molar-refractivity contribution < 1.29 is 4.39 Å². The van der Waals surface area contributed by atoms with E-state index in [0.717, 1.165) is 55.6 Å². The van der Waals surface area contributed by atoms with Gasteiger partial charge in [-0.2, -0.15) is 10.2 Å². The Morgan fingerprint density at radius 1 is 0.833 bits per heavy atom. The monoisotopic (exact) mass is 394 g/mol. The van der Waals surface area contributed by atoms with E-state index in [1.54, 1.807) is 24.5 Å². The Hall–Kier alpha value is -4.26. The molecular weight excluding hydrogens is 379 g/mol. The van der Waals surface area contributed by atoms with Crippen LogP contribution >= 0.6 is 0 Å². The predicted octanol–water partition coefficient (Wildman–Crippen LogP) is 5.30. The summed E-state index contributed by atoms with van der Waals surface area (Å²) in [5.74, 6) is -0.252. The molecule has 2 aromatic carbocycles. The number of benzene rings is 2. The molecule has 3 N–H and O–H groups in total. The third kappa shape index (κ3) is 2.60. The summed E-state index contributed by atoms with van der Waals surface area (Å²) in [6.45, 7) is 0. The Bertz CT molecular complexity index is 1510. The second kappa shape index (κ2) is 6.38. The lowest BCUT2D eigenvalue weighted by Gasteiger charge is -2.03. The number of pyridine rings is 1. The fourth-order valence-electron chi connectivity index (χ4n) is 3.86.